The number of nitrogens with one attached hydrogen (secondary N) is 1. The molecule has 0 aliphatic heterocycles. The van der Waals surface area contributed by atoms with Gasteiger partial charge in [-0.15, -0.1) is 0 Å². The summed E-state index contributed by atoms with van der Waals surface area (Å²) in [4.78, 5) is 20.0. The van der Waals surface area contributed by atoms with E-state index in [1.807, 2.05) is 49.4 Å². The van der Waals surface area contributed by atoms with Crippen molar-refractivity contribution in [1.82, 2.24) is 4.98 Å². The number of rotatable bonds is 4. The molecule has 0 radical (unpaired) electrons. The zero-order chi connectivity index (χ0) is 17.8. The molecule has 0 saturated carbocycles. The average molecular weight is 353 g/mol. The maximum atomic E-state index is 12.3. The largest absolute Gasteiger partial charge is 0.465 e. The smallest absolute Gasteiger partial charge is 0.340 e. The fraction of sp³-hybridized carbons (Fsp3) is 0.100. The fourth-order valence-electron chi connectivity index (χ4n) is 2.70. The van der Waals surface area contributed by atoms with Crippen molar-refractivity contribution in [3.63, 3.8) is 0 Å². The lowest BCUT2D eigenvalue weighted by molar-refractivity contribution is 0.0601. The zero-order valence-corrected chi connectivity index (χ0v) is 14.7. The molecular formula is C20H17ClN2O2. The molecule has 0 aliphatic rings. The Hall–Kier alpha value is -2.85. The summed E-state index contributed by atoms with van der Waals surface area (Å²) in [6.07, 6.45) is 1.70. The van der Waals surface area contributed by atoms with E-state index in [0.717, 1.165) is 28.2 Å². The molecule has 0 fully saturated rings. The number of hydrogen-bond acceptors (Lipinski definition) is 3. The molecule has 1 N–H and O–H groups in total. The van der Waals surface area contributed by atoms with Crippen molar-refractivity contribution in [2.75, 3.05) is 7.11 Å². The molecule has 2 aromatic carbocycles. The molecule has 1 heterocycles. The second kappa shape index (κ2) is 7.36. The minimum atomic E-state index is -0.380. The third-order valence-electron chi connectivity index (χ3n) is 3.82. The van der Waals surface area contributed by atoms with Crippen molar-refractivity contribution < 1.29 is 9.53 Å². The Balaban J connectivity index is 2.12. The van der Waals surface area contributed by atoms with Crippen LogP contribution in [0.4, 0.5) is 5.69 Å². The van der Waals surface area contributed by atoms with Gasteiger partial charge in [-0.05, 0) is 30.7 Å². The van der Waals surface area contributed by atoms with E-state index in [1.54, 1.807) is 18.3 Å². The van der Waals surface area contributed by atoms with E-state index >= 15 is 0 Å². The first-order chi connectivity index (χ1) is 12.1. The van der Waals surface area contributed by atoms with Gasteiger partial charge in [0.05, 0.1) is 30.3 Å². The Morgan fingerprint density at radius 2 is 1.92 bits per heavy atom. The van der Waals surface area contributed by atoms with E-state index in [9.17, 15) is 4.79 Å². The van der Waals surface area contributed by atoms with Crippen LogP contribution in [0.2, 0.25) is 5.02 Å². The van der Waals surface area contributed by atoms with Crippen molar-refractivity contribution in [2.45, 2.75) is 6.92 Å². The number of ether oxygens (including phenoxy) is 1. The van der Waals surface area contributed by atoms with Crippen LogP contribution in [-0.2, 0) is 4.74 Å². The molecule has 3 aromatic rings. The molecule has 0 atom stereocenters. The van der Waals surface area contributed by atoms with E-state index in [2.05, 4.69) is 9.98 Å². The van der Waals surface area contributed by atoms with E-state index in [0.29, 0.717) is 10.6 Å². The summed E-state index contributed by atoms with van der Waals surface area (Å²) >= 11 is 6.00. The van der Waals surface area contributed by atoms with Gasteiger partial charge in [0.1, 0.15) is 0 Å². The zero-order valence-electron chi connectivity index (χ0n) is 13.9. The number of aryl methyl sites for hydroxylation is 1. The quantitative estimate of drug-likeness (QED) is 0.519. The first-order valence-electron chi connectivity index (χ1n) is 7.76. The molecule has 25 heavy (non-hydrogen) atoms. The number of aromatic nitrogens is 1. The number of hydrogen-bond donors (Lipinski definition) is 1. The Labute approximate surface area is 151 Å². The second-order valence-electron chi connectivity index (χ2n) is 5.51. The van der Waals surface area contributed by atoms with Crippen LogP contribution < -0.4 is 0 Å². The summed E-state index contributed by atoms with van der Waals surface area (Å²) in [6, 6.07) is 17.0. The van der Waals surface area contributed by atoms with E-state index < -0.39 is 0 Å². The minimum Gasteiger partial charge on any atom is -0.465 e. The molecule has 0 amide bonds. The van der Waals surface area contributed by atoms with Gasteiger partial charge in [-0.2, -0.15) is 0 Å². The van der Waals surface area contributed by atoms with Crippen molar-refractivity contribution >= 4 is 29.5 Å². The standard InChI is InChI=1S/C20H17ClN2O2/c1-13-18(20(24)25-2)19(14-7-4-3-5-8-14)17(23-13)12-22-16-10-6-9-15(21)11-16/h3-12,23H,1-2H3. The number of carbonyl (C=O) groups excluding carboxylic acids is 1. The molecule has 0 bridgehead atoms. The van der Waals surface area contributed by atoms with Crippen LogP contribution in [0.1, 0.15) is 21.7 Å². The Morgan fingerprint density at radius 3 is 2.60 bits per heavy atom. The van der Waals surface area contributed by atoms with Crippen molar-refractivity contribution in [1.29, 1.82) is 0 Å². The lowest BCUT2D eigenvalue weighted by atomic mass is 10.0. The first-order valence-corrected chi connectivity index (χ1v) is 8.14. The van der Waals surface area contributed by atoms with Crippen LogP contribution >= 0.6 is 11.6 Å². The summed E-state index contributed by atoms with van der Waals surface area (Å²) in [5, 5.41) is 0.621. The highest BCUT2D eigenvalue weighted by Gasteiger charge is 2.22. The number of aliphatic imine (C=N–C) groups is 1. The lowest BCUT2D eigenvalue weighted by Gasteiger charge is -2.05. The van der Waals surface area contributed by atoms with Crippen LogP contribution in [0.15, 0.2) is 59.6 Å². The molecule has 0 unspecified atom stereocenters. The van der Waals surface area contributed by atoms with Crippen molar-refractivity contribution in [2.24, 2.45) is 4.99 Å². The highest BCUT2D eigenvalue weighted by Crippen LogP contribution is 2.30. The summed E-state index contributed by atoms with van der Waals surface area (Å²) in [5.41, 5.74) is 4.41. The highest BCUT2D eigenvalue weighted by atomic mass is 35.5. The number of benzene rings is 2. The van der Waals surface area contributed by atoms with Crippen LogP contribution in [0.5, 0.6) is 0 Å². The Kier molecular flexibility index (Phi) is 5.00. The van der Waals surface area contributed by atoms with Crippen LogP contribution in [0.3, 0.4) is 0 Å². The molecule has 1 aromatic heterocycles. The van der Waals surface area contributed by atoms with Gasteiger partial charge in [-0.25, -0.2) is 4.79 Å². The number of methoxy groups -OCH3 is 1. The molecule has 5 heteroatoms. The number of halogens is 1. The van der Waals surface area contributed by atoms with Crippen LogP contribution in [0.25, 0.3) is 11.1 Å². The molecule has 0 spiro atoms. The van der Waals surface area contributed by atoms with Crippen LogP contribution in [0, 0.1) is 6.92 Å². The summed E-state index contributed by atoms with van der Waals surface area (Å²) in [5.74, 6) is -0.380. The predicted molar refractivity (Wildman–Crippen MR) is 101 cm³/mol. The summed E-state index contributed by atoms with van der Waals surface area (Å²) < 4.78 is 4.95. The summed E-state index contributed by atoms with van der Waals surface area (Å²) in [6.45, 7) is 1.84. The highest BCUT2D eigenvalue weighted by molar-refractivity contribution is 6.30. The first kappa shape index (κ1) is 17.0. The van der Waals surface area contributed by atoms with Gasteiger partial charge in [0, 0.05) is 16.3 Å². The normalized spacial score (nSPS) is 11.0. The number of carbonyl (C=O) groups is 1. The molecule has 3 rings (SSSR count). The molecule has 0 saturated heterocycles. The predicted octanol–water partition coefficient (Wildman–Crippen LogP) is 5.18. The van der Waals surface area contributed by atoms with Gasteiger partial charge in [-0.3, -0.25) is 4.99 Å². The Bertz CT molecular complexity index is 930. The fourth-order valence-corrected chi connectivity index (χ4v) is 2.89. The molecule has 126 valence electrons. The Morgan fingerprint density at radius 1 is 1.16 bits per heavy atom. The minimum absolute atomic E-state index is 0.380. The lowest BCUT2D eigenvalue weighted by Crippen LogP contribution is -2.03. The van der Waals surface area contributed by atoms with Crippen LogP contribution in [-0.4, -0.2) is 24.3 Å². The van der Waals surface area contributed by atoms with E-state index in [1.165, 1.54) is 7.11 Å². The average Bonchev–Trinajstić information content (AvgIpc) is 2.96. The maximum Gasteiger partial charge on any atom is 0.340 e. The molecular weight excluding hydrogens is 336 g/mol. The second-order valence-corrected chi connectivity index (χ2v) is 5.95. The number of nitrogens with zero attached hydrogens (tertiary/aromatic N) is 1. The third-order valence-corrected chi connectivity index (χ3v) is 4.05. The third kappa shape index (κ3) is 3.64. The van der Waals surface area contributed by atoms with Crippen molar-refractivity contribution in [3.05, 3.63) is 76.6 Å². The van der Waals surface area contributed by atoms with Gasteiger partial charge in [0.25, 0.3) is 0 Å². The monoisotopic (exact) mass is 352 g/mol. The van der Waals surface area contributed by atoms with E-state index in [-0.39, 0.29) is 5.97 Å². The summed E-state index contributed by atoms with van der Waals surface area (Å²) in [7, 11) is 1.38. The van der Waals surface area contributed by atoms with Gasteiger partial charge in [0.2, 0.25) is 0 Å². The number of H-pyrrole nitrogens is 1. The molecule has 0 aliphatic carbocycles. The van der Waals surface area contributed by atoms with E-state index in [4.69, 9.17) is 16.3 Å². The van der Waals surface area contributed by atoms with Crippen molar-refractivity contribution in [3.8, 4) is 11.1 Å². The SMILES string of the molecule is COC(=O)c1c(C)[nH]c(C=Nc2cccc(Cl)c2)c1-c1ccccc1. The van der Waals surface area contributed by atoms with Gasteiger partial charge in [0.15, 0.2) is 0 Å². The number of esters is 1. The topological polar surface area (TPSA) is 54.5 Å². The number of aromatic amines is 1. The van der Waals surface area contributed by atoms with Gasteiger partial charge >= 0.3 is 5.97 Å². The van der Waals surface area contributed by atoms with Gasteiger partial charge in [-0.1, -0.05) is 48.0 Å². The van der Waals surface area contributed by atoms with Gasteiger partial charge < -0.3 is 9.72 Å². The molecule has 4 nitrogen and oxygen atoms in total. The maximum absolute atomic E-state index is 12.3.